The SMILES string of the molecule is COc1cc([C@@H]2[C@@H]3C(=O)N(Cc4ccccc4)C(=O)[C@@H]3ON2c2ccccc2)ccc1OC(=O)c1ccccc1. The number of carbonyl (C=O) groups is 3. The largest absolute Gasteiger partial charge is 0.493 e. The molecule has 2 aliphatic rings. The van der Waals surface area contributed by atoms with Crippen LogP contribution < -0.4 is 14.5 Å². The number of rotatable bonds is 7. The minimum absolute atomic E-state index is 0.171. The predicted octanol–water partition coefficient (Wildman–Crippen LogP) is 4.96. The number of imide groups is 1. The van der Waals surface area contributed by atoms with Crippen LogP contribution in [0.5, 0.6) is 11.5 Å². The van der Waals surface area contributed by atoms with E-state index in [0.717, 1.165) is 5.56 Å². The molecule has 6 rings (SSSR count). The van der Waals surface area contributed by atoms with Crippen LogP contribution >= 0.6 is 0 Å². The maximum Gasteiger partial charge on any atom is 0.343 e. The highest BCUT2D eigenvalue weighted by molar-refractivity contribution is 6.07. The van der Waals surface area contributed by atoms with Gasteiger partial charge < -0.3 is 9.47 Å². The molecule has 2 amide bonds. The Balaban J connectivity index is 1.35. The number of para-hydroxylation sites is 1. The monoisotopic (exact) mass is 534 g/mol. The van der Waals surface area contributed by atoms with Crippen molar-refractivity contribution >= 4 is 23.5 Å². The third-order valence-electron chi connectivity index (χ3n) is 7.14. The molecule has 4 aromatic rings. The predicted molar refractivity (Wildman–Crippen MR) is 146 cm³/mol. The second kappa shape index (κ2) is 10.7. The van der Waals surface area contributed by atoms with E-state index in [1.807, 2.05) is 66.7 Å². The summed E-state index contributed by atoms with van der Waals surface area (Å²) in [5.74, 6) is -1.42. The van der Waals surface area contributed by atoms with Crippen LogP contribution in [0.2, 0.25) is 0 Å². The lowest BCUT2D eigenvalue weighted by molar-refractivity contribution is -0.143. The van der Waals surface area contributed by atoms with Crippen molar-refractivity contribution in [2.24, 2.45) is 5.92 Å². The van der Waals surface area contributed by atoms with Gasteiger partial charge in [-0.25, -0.2) is 9.86 Å². The van der Waals surface area contributed by atoms with Crippen LogP contribution in [-0.4, -0.2) is 35.9 Å². The summed E-state index contributed by atoms with van der Waals surface area (Å²) in [6.07, 6.45) is -0.969. The van der Waals surface area contributed by atoms with Gasteiger partial charge in [0.1, 0.15) is 5.92 Å². The fourth-order valence-corrected chi connectivity index (χ4v) is 5.22. The zero-order valence-corrected chi connectivity index (χ0v) is 21.7. The Bertz CT molecular complexity index is 1540. The molecule has 4 aromatic carbocycles. The molecule has 2 fully saturated rings. The zero-order chi connectivity index (χ0) is 27.6. The van der Waals surface area contributed by atoms with Gasteiger partial charge in [0.15, 0.2) is 17.6 Å². The Morgan fingerprint density at radius 1 is 0.800 bits per heavy atom. The standard InChI is InChI=1S/C32H26N2O6/c1-38-26-19-23(17-18-25(26)39-32(37)22-13-7-3-8-14-22)28-27-29(40-34(28)24-15-9-4-10-16-24)31(36)33(30(27)35)20-21-11-5-2-6-12-21/h2-19,27-29H,20H2,1H3/t27-,28+,29+/m0/s1. The van der Waals surface area contributed by atoms with Crippen LogP contribution in [0.1, 0.15) is 27.5 Å². The van der Waals surface area contributed by atoms with Gasteiger partial charge in [-0.3, -0.25) is 19.3 Å². The molecule has 8 nitrogen and oxygen atoms in total. The second-order valence-corrected chi connectivity index (χ2v) is 9.57. The molecular weight excluding hydrogens is 508 g/mol. The minimum Gasteiger partial charge on any atom is -0.493 e. The molecule has 200 valence electrons. The summed E-state index contributed by atoms with van der Waals surface area (Å²) in [5.41, 5.74) is 2.64. The summed E-state index contributed by atoms with van der Waals surface area (Å²) in [4.78, 5) is 47.4. The molecule has 0 aromatic heterocycles. The van der Waals surface area contributed by atoms with E-state index in [1.54, 1.807) is 47.5 Å². The first-order chi connectivity index (χ1) is 19.5. The van der Waals surface area contributed by atoms with Crippen molar-refractivity contribution in [3.63, 3.8) is 0 Å². The van der Waals surface area contributed by atoms with E-state index < -0.39 is 24.0 Å². The number of likely N-dealkylation sites (tertiary alicyclic amines) is 1. The topological polar surface area (TPSA) is 85.4 Å². The van der Waals surface area contributed by atoms with Gasteiger partial charge in [-0.1, -0.05) is 72.8 Å². The van der Waals surface area contributed by atoms with Gasteiger partial charge in [0.05, 0.1) is 30.9 Å². The number of hydrogen-bond acceptors (Lipinski definition) is 7. The van der Waals surface area contributed by atoms with Gasteiger partial charge in [-0.15, -0.1) is 0 Å². The van der Waals surface area contributed by atoms with Gasteiger partial charge >= 0.3 is 5.97 Å². The third kappa shape index (κ3) is 4.58. The van der Waals surface area contributed by atoms with E-state index >= 15 is 0 Å². The molecule has 2 heterocycles. The smallest absolute Gasteiger partial charge is 0.343 e. The number of benzene rings is 4. The lowest BCUT2D eigenvalue weighted by Gasteiger charge is -2.29. The number of methoxy groups -OCH3 is 1. The average molecular weight is 535 g/mol. The van der Waals surface area contributed by atoms with Crippen molar-refractivity contribution in [2.45, 2.75) is 18.7 Å². The van der Waals surface area contributed by atoms with Crippen molar-refractivity contribution in [2.75, 3.05) is 12.2 Å². The highest BCUT2D eigenvalue weighted by atomic mass is 16.7. The number of fused-ring (bicyclic) bond motifs is 1. The molecule has 2 aliphatic heterocycles. The van der Waals surface area contributed by atoms with Crippen LogP contribution in [0.25, 0.3) is 0 Å². The summed E-state index contributed by atoms with van der Waals surface area (Å²) in [5, 5.41) is 1.62. The Labute approximate surface area is 231 Å². The van der Waals surface area contributed by atoms with Crippen molar-refractivity contribution in [1.82, 2.24) is 4.90 Å². The first kappa shape index (κ1) is 25.3. The van der Waals surface area contributed by atoms with Crippen molar-refractivity contribution in [3.8, 4) is 11.5 Å². The van der Waals surface area contributed by atoms with Crippen LogP contribution in [0.4, 0.5) is 5.69 Å². The number of esters is 1. The first-order valence-electron chi connectivity index (χ1n) is 12.9. The van der Waals surface area contributed by atoms with E-state index in [0.29, 0.717) is 22.6 Å². The van der Waals surface area contributed by atoms with Gasteiger partial charge in [0, 0.05) is 0 Å². The number of ether oxygens (including phenoxy) is 2. The molecule has 0 saturated carbocycles. The van der Waals surface area contributed by atoms with Crippen molar-refractivity contribution < 1.29 is 28.7 Å². The van der Waals surface area contributed by atoms with Crippen LogP contribution in [-0.2, 0) is 21.0 Å². The van der Waals surface area contributed by atoms with Gasteiger partial charge in [-0.2, -0.15) is 0 Å². The summed E-state index contributed by atoms with van der Waals surface area (Å²) >= 11 is 0. The molecule has 8 heteroatoms. The summed E-state index contributed by atoms with van der Waals surface area (Å²) < 4.78 is 11.2. The lowest BCUT2D eigenvalue weighted by Crippen LogP contribution is -2.36. The molecule has 0 radical (unpaired) electrons. The minimum atomic E-state index is -0.969. The Hall–Kier alpha value is -4.95. The molecular formula is C32H26N2O6. The summed E-state index contributed by atoms with van der Waals surface area (Å²) in [6, 6.07) is 31.9. The van der Waals surface area contributed by atoms with Crippen molar-refractivity contribution in [1.29, 1.82) is 0 Å². The molecule has 0 spiro atoms. The number of nitrogens with zero attached hydrogens (tertiary/aromatic N) is 2. The average Bonchev–Trinajstić information content (AvgIpc) is 3.50. The highest BCUT2D eigenvalue weighted by Gasteiger charge is 2.59. The van der Waals surface area contributed by atoms with Crippen LogP contribution in [0.3, 0.4) is 0 Å². The fourth-order valence-electron chi connectivity index (χ4n) is 5.22. The van der Waals surface area contributed by atoms with Gasteiger partial charge in [0.25, 0.3) is 5.91 Å². The number of amides is 2. The van der Waals surface area contributed by atoms with E-state index in [4.69, 9.17) is 14.3 Å². The summed E-state index contributed by atoms with van der Waals surface area (Å²) in [7, 11) is 1.48. The summed E-state index contributed by atoms with van der Waals surface area (Å²) in [6.45, 7) is 0.171. The first-order valence-corrected chi connectivity index (χ1v) is 12.9. The maximum absolute atomic E-state index is 13.8. The normalized spacial score (nSPS) is 20.0. The van der Waals surface area contributed by atoms with Crippen LogP contribution in [0.15, 0.2) is 109 Å². The fraction of sp³-hybridized carbons (Fsp3) is 0.156. The molecule has 0 bridgehead atoms. The lowest BCUT2D eigenvalue weighted by atomic mass is 9.90. The maximum atomic E-state index is 13.8. The van der Waals surface area contributed by atoms with E-state index in [9.17, 15) is 14.4 Å². The Kier molecular flexibility index (Phi) is 6.76. The zero-order valence-electron chi connectivity index (χ0n) is 21.7. The number of hydroxylamine groups is 1. The Morgan fingerprint density at radius 3 is 2.12 bits per heavy atom. The van der Waals surface area contributed by atoms with Crippen LogP contribution in [0, 0.1) is 5.92 Å². The van der Waals surface area contributed by atoms with Gasteiger partial charge in [0.2, 0.25) is 5.91 Å². The van der Waals surface area contributed by atoms with E-state index in [2.05, 4.69) is 0 Å². The Morgan fingerprint density at radius 2 is 1.45 bits per heavy atom. The van der Waals surface area contributed by atoms with E-state index in [1.165, 1.54) is 12.0 Å². The second-order valence-electron chi connectivity index (χ2n) is 9.57. The van der Waals surface area contributed by atoms with Gasteiger partial charge in [-0.05, 0) is 47.5 Å². The quantitative estimate of drug-likeness (QED) is 0.188. The molecule has 40 heavy (non-hydrogen) atoms. The molecule has 0 unspecified atom stereocenters. The molecule has 0 N–H and O–H groups in total. The molecule has 3 atom stereocenters. The number of anilines is 1. The highest BCUT2D eigenvalue weighted by Crippen LogP contribution is 2.48. The third-order valence-corrected chi connectivity index (χ3v) is 7.14. The van der Waals surface area contributed by atoms with Crippen molar-refractivity contribution in [3.05, 3.63) is 126 Å². The number of hydrogen-bond donors (Lipinski definition) is 0. The molecule has 2 saturated heterocycles. The number of carbonyl (C=O) groups excluding carboxylic acids is 3. The molecule has 0 aliphatic carbocycles. The van der Waals surface area contributed by atoms with E-state index in [-0.39, 0.29) is 24.1 Å².